The van der Waals surface area contributed by atoms with Crippen LogP contribution in [0.2, 0.25) is 0 Å². The molecule has 0 bridgehead atoms. The molecule has 1 saturated carbocycles. The number of nitrogens with zero attached hydrogens (tertiary/aromatic N) is 1. The van der Waals surface area contributed by atoms with Gasteiger partial charge in [0.25, 0.3) is 0 Å². The number of aromatic amines is 1. The molecule has 1 N–H and O–H groups in total. The zero-order chi connectivity index (χ0) is 11.2. The lowest BCUT2D eigenvalue weighted by molar-refractivity contribution is -0.143. The summed E-state index contributed by atoms with van der Waals surface area (Å²) in [7, 11) is 1.42. The molecule has 0 saturated heterocycles. The van der Waals surface area contributed by atoms with Gasteiger partial charge in [0.1, 0.15) is 11.2 Å². The van der Waals surface area contributed by atoms with E-state index in [-0.39, 0.29) is 5.97 Å². The number of hydrogen-bond acceptors (Lipinski definition) is 3. The standard InChI is InChI=1S/C12H12N2O2/c1-16-11(15)12(6-7-12)10-13-8-4-2-3-5-9(8)14-10/h2-5H,6-7H2,1H3,(H,13,14). The number of imidazole rings is 1. The van der Waals surface area contributed by atoms with E-state index < -0.39 is 5.41 Å². The smallest absolute Gasteiger partial charge is 0.319 e. The first kappa shape index (κ1) is 9.39. The molecular formula is C12H12N2O2. The molecule has 1 aliphatic carbocycles. The number of H-pyrrole nitrogens is 1. The Kier molecular flexibility index (Phi) is 1.80. The van der Waals surface area contributed by atoms with Gasteiger partial charge in [0.15, 0.2) is 0 Å². The van der Waals surface area contributed by atoms with Gasteiger partial charge in [0, 0.05) is 0 Å². The second-order valence-corrected chi connectivity index (χ2v) is 4.18. The van der Waals surface area contributed by atoms with E-state index in [4.69, 9.17) is 4.74 Å². The number of carbonyl (C=O) groups excluding carboxylic acids is 1. The van der Waals surface area contributed by atoms with Gasteiger partial charge >= 0.3 is 5.97 Å². The predicted octanol–water partition coefficient (Wildman–Crippen LogP) is 1.77. The van der Waals surface area contributed by atoms with Crippen LogP contribution in [0.15, 0.2) is 24.3 Å². The first-order valence-corrected chi connectivity index (χ1v) is 5.30. The zero-order valence-corrected chi connectivity index (χ0v) is 8.99. The van der Waals surface area contributed by atoms with Crippen LogP contribution in [0, 0.1) is 0 Å². The Morgan fingerprint density at radius 2 is 2.19 bits per heavy atom. The number of aromatic nitrogens is 2. The fraction of sp³-hybridized carbons (Fsp3) is 0.333. The van der Waals surface area contributed by atoms with Crippen molar-refractivity contribution in [3.63, 3.8) is 0 Å². The SMILES string of the molecule is COC(=O)C1(c2nc3ccccc3[nH]2)CC1. The summed E-state index contributed by atoms with van der Waals surface area (Å²) >= 11 is 0. The molecule has 4 nitrogen and oxygen atoms in total. The van der Waals surface area contributed by atoms with Gasteiger partial charge in [-0.2, -0.15) is 0 Å². The molecule has 2 aromatic rings. The van der Waals surface area contributed by atoms with E-state index in [1.807, 2.05) is 24.3 Å². The molecule has 1 heterocycles. The Balaban J connectivity index is 2.10. The molecule has 0 unspecified atom stereocenters. The third kappa shape index (κ3) is 1.16. The van der Waals surface area contributed by atoms with E-state index in [9.17, 15) is 4.79 Å². The summed E-state index contributed by atoms with van der Waals surface area (Å²) in [5, 5.41) is 0. The zero-order valence-electron chi connectivity index (χ0n) is 8.99. The number of rotatable bonds is 2. The molecule has 16 heavy (non-hydrogen) atoms. The van der Waals surface area contributed by atoms with Crippen molar-refractivity contribution < 1.29 is 9.53 Å². The number of nitrogens with one attached hydrogen (secondary N) is 1. The highest BCUT2D eigenvalue weighted by atomic mass is 16.5. The number of hydrogen-bond donors (Lipinski definition) is 1. The molecule has 0 radical (unpaired) electrons. The number of benzene rings is 1. The summed E-state index contributed by atoms with van der Waals surface area (Å²) < 4.78 is 4.83. The summed E-state index contributed by atoms with van der Waals surface area (Å²) in [6.45, 7) is 0. The van der Waals surface area contributed by atoms with Crippen LogP contribution in [0.1, 0.15) is 18.7 Å². The van der Waals surface area contributed by atoms with E-state index in [0.29, 0.717) is 0 Å². The number of methoxy groups -OCH3 is 1. The van der Waals surface area contributed by atoms with Gasteiger partial charge in [-0.05, 0) is 25.0 Å². The lowest BCUT2D eigenvalue weighted by atomic mass is 10.1. The maximum atomic E-state index is 11.7. The molecule has 0 amide bonds. The number of para-hydroxylation sites is 2. The third-order valence-electron chi connectivity index (χ3n) is 3.17. The van der Waals surface area contributed by atoms with Gasteiger partial charge in [-0.1, -0.05) is 12.1 Å². The average molecular weight is 216 g/mol. The Morgan fingerprint density at radius 3 is 2.81 bits per heavy atom. The number of esters is 1. The first-order chi connectivity index (χ1) is 7.76. The van der Waals surface area contributed by atoms with E-state index >= 15 is 0 Å². The highest BCUT2D eigenvalue weighted by molar-refractivity contribution is 5.87. The van der Waals surface area contributed by atoms with Crippen LogP contribution < -0.4 is 0 Å². The third-order valence-corrected chi connectivity index (χ3v) is 3.17. The Labute approximate surface area is 92.6 Å². The maximum Gasteiger partial charge on any atom is 0.319 e. The topological polar surface area (TPSA) is 55.0 Å². The molecule has 0 spiro atoms. The summed E-state index contributed by atoms with van der Waals surface area (Å²) in [5.41, 5.74) is 1.36. The molecule has 1 aromatic heterocycles. The van der Waals surface area contributed by atoms with Crippen molar-refractivity contribution in [2.45, 2.75) is 18.3 Å². The van der Waals surface area contributed by atoms with E-state index in [1.54, 1.807) is 0 Å². The van der Waals surface area contributed by atoms with Crippen LogP contribution in [0.3, 0.4) is 0 Å². The Morgan fingerprint density at radius 1 is 1.44 bits per heavy atom. The minimum Gasteiger partial charge on any atom is -0.468 e. The van der Waals surface area contributed by atoms with Crippen LogP contribution in [-0.4, -0.2) is 23.0 Å². The number of carbonyl (C=O) groups is 1. The van der Waals surface area contributed by atoms with Gasteiger partial charge in [-0.3, -0.25) is 4.79 Å². The number of ether oxygens (including phenoxy) is 1. The van der Waals surface area contributed by atoms with Crippen molar-refractivity contribution in [2.24, 2.45) is 0 Å². The van der Waals surface area contributed by atoms with E-state index in [1.165, 1.54) is 7.11 Å². The average Bonchev–Trinajstić information content (AvgIpc) is 3.01. The number of fused-ring (bicyclic) bond motifs is 1. The molecule has 3 rings (SSSR count). The normalized spacial score (nSPS) is 17.3. The fourth-order valence-electron chi connectivity index (χ4n) is 2.04. The summed E-state index contributed by atoms with van der Waals surface area (Å²) in [6.07, 6.45) is 1.64. The lowest BCUT2D eigenvalue weighted by Gasteiger charge is -2.08. The molecule has 0 aliphatic heterocycles. The van der Waals surface area contributed by atoms with Crippen LogP contribution in [0.25, 0.3) is 11.0 Å². The van der Waals surface area contributed by atoms with Crippen molar-refractivity contribution in [3.8, 4) is 0 Å². The van der Waals surface area contributed by atoms with Crippen LogP contribution >= 0.6 is 0 Å². The molecule has 82 valence electrons. The van der Waals surface area contributed by atoms with Gasteiger partial charge in [0.05, 0.1) is 18.1 Å². The molecule has 4 heteroatoms. The fourth-order valence-corrected chi connectivity index (χ4v) is 2.04. The monoisotopic (exact) mass is 216 g/mol. The van der Waals surface area contributed by atoms with Crippen molar-refractivity contribution in [2.75, 3.05) is 7.11 Å². The Hall–Kier alpha value is -1.84. The van der Waals surface area contributed by atoms with Crippen LogP contribution in [0.4, 0.5) is 0 Å². The van der Waals surface area contributed by atoms with Crippen molar-refractivity contribution in [1.82, 2.24) is 9.97 Å². The molecular weight excluding hydrogens is 204 g/mol. The highest BCUT2D eigenvalue weighted by Crippen LogP contribution is 2.48. The van der Waals surface area contributed by atoms with Gasteiger partial charge in [-0.25, -0.2) is 4.98 Å². The maximum absolute atomic E-state index is 11.7. The molecule has 1 aromatic carbocycles. The second kappa shape index (κ2) is 3.07. The van der Waals surface area contributed by atoms with Gasteiger partial charge in [-0.15, -0.1) is 0 Å². The van der Waals surface area contributed by atoms with Crippen LogP contribution in [0.5, 0.6) is 0 Å². The lowest BCUT2D eigenvalue weighted by Crippen LogP contribution is -2.23. The van der Waals surface area contributed by atoms with Gasteiger partial charge < -0.3 is 9.72 Å². The summed E-state index contributed by atoms with van der Waals surface area (Å²) in [5.74, 6) is 0.548. The second-order valence-electron chi connectivity index (χ2n) is 4.18. The largest absolute Gasteiger partial charge is 0.468 e. The minimum absolute atomic E-state index is 0.188. The molecule has 1 aliphatic rings. The van der Waals surface area contributed by atoms with Crippen molar-refractivity contribution in [1.29, 1.82) is 0 Å². The van der Waals surface area contributed by atoms with Crippen molar-refractivity contribution >= 4 is 17.0 Å². The first-order valence-electron chi connectivity index (χ1n) is 5.30. The van der Waals surface area contributed by atoms with Crippen LogP contribution in [-0.2, 0) is 14.9 Å². The summed E-state index contributed by atoms with van der Waals surface area (Å²) in [6, 6.07) is 7.77. The van der Waals surface area contributed by atoms with Gasteiger partial charge in [0.2, 0.25) is 0 Å². The predicted molar refractivity (Wildman–Crippen MR) is 59.0 cm³/mol. The highest BCUT2D eigenvalue weighted by Gasteiger charge is 2.55. The molecule has 0 atom stereocenters. The Bertz CT molecular complexity index is 522. The minimum atomic E-state index is -0.506. The quantitative estimate of drug-likeness (QED) is 0.778. The van der Waals surface area contributed by atoms with E-state index in [0.717, 1.165) is 29.7 Å². The molecule has 1 fully saturated rings. The van der Waals surface area contributed by atoms with Crippen molar-refractivity contribution in [3.05, 3.63) is 30.1 Å². The van der Waals surface area contributed by atoms with E-state index in [2.05, 4.69) is 9.97 Å². The summed E-state index contributed by atoms with van der Waals surface area (Å²) in [4.78, 5) is 19.4.